The van der Waals surface area contributed by atoms with Crippen LogP contribution in [0.25, 0.3) is 0 Å². The first-order valence-corrected chi connectivity index (χ1v) is 10.3. The summed E-state index contributed by atoms with van der Waals surface area (Å²) in [6, 6.07) is -0.915. The van der Waals surface area contributed by atoms with Gasteiger partial charge in [0.1, 0.15) is 0 Å². The van der Waals surface area contributed by atoms with Gasteiger partial charge in [-0.1, -0.05) is 0 Å². The van der Waals surface area contributed by atoms with E-state index in [-0.39, 0.29) is 11.4 Å². The number of rotatable bonds is 4. The molecule has 4 bridgehead atoms. The number of hydrogen-bond acceptors (Lipinski definition) is 4. The third kappa shape index (κ3) is 3.46. The third-order valence-electron chi connectivity index (χ3n) is 7.60. The Morgan fingerprint density at radius 1 is 1.07 bits per heavy atom. The average Bonchev–Trinajstić information content (AvgIpc) is 2.96. The van der Waals surface area contributed by atoms with Gasteiger partial charge in [-0.2, -0.15) is 0 Å². The van der Waals surface area contributed by atoms with Crippen molar-refractivity contribution in [3.63, 3.8) is 0 Å². The van der Waals surface area contributed by atoms with Crippen LogP contribution in [0, 0.1) is 23.2 Å². The average molecular weight is 377 g/mol. The predicted octanol–water partition coefficient (Wildman–Crippen LogP) is 1.97. The Balaban J connectivity index is 1.32. The number of imide groups is 1. The van der Waals surface area contributed by atoms with E-state index in [0.29, 0.717) is 19.5 Å². The molecule has 0 aromatic carbocycles. The van der Waals surface area contributed by atoms with Gasteiger partial charge in [-0.25, -0.2) is 4.79 Å². The highest BCUT2D eigenvalue weighted by Crippen LogP contribution is 2.55. The van der Waals surface area contributed by atoms with Crippen LogP contribution in [0.4, 0.5) is 4.79 Å². The molecule has 5 fully saturated rings. The first-order valence-electron chi connectivity index (χ1n) is 10.3. The topological polar surface area (TPSA) is 98.7 Å². The highest BCUT2D eigenvalue weighted by Gasteiger charge is 2.51. The van der Waals surface area contributed by atoms with Gasteiger partial charge < -0.3 is 10.4 Å². The van der Waals surface area contributed by atoms with Crippen molar-refractivity contribution in [3.05, 3.63) is 0 Å². The number of amides is 3. The Hall–Kier alpha value is -1.63. The number of likely N-dealkylation sites (tertiary alicyclic amines) is 1. The Labute approximate surface area is 160 Å². The largest absolute Gasteiger partial charge is 0.481 e. The van der Waals surface area contributed by atoms with Gasteiger partial charge in [0.2, 0.25) is 5.91 Å². The molecule has 0 radical (unpaired) electrons. The molecule has 1 saturated heterocycles. The summed E-state index contributed by atoms with van der Waals surface area (Å²) < 4.78 is 0. The quantitative estimate of drug-likeness (QED) is 0.696. The van der Waals surface area contributed by atoms with E-state index in [9.17, 15) is 19.5 Å². The van der Waals surface area contributed by atoms with E-state index in [1.54, 1.807) is 13.8 Å². The van der Waals surface area contributed by atoms with Crippen LogP contribution in [0.15, 0.2) is 0 Å². The van der Waals surface area contributed by atoms with Gasteiger partial charge in [-0.05, 0) is 76.5 Å². The minimum absolute atomic E-state index is 0.127. The lowest BCUT2D eigenvalue weighted by Gasteiger charge is -2.56. The molecule has 27 heavy (non-hydrogen) atoms. The zero-order valence-corrected chi connectivity index (χ0v) is 16.3. The van der Waals surface area contributed by atoms with E-state index in [4.69, 9.17) is 0 Å². The smallest absolute Gasteiger partial charge is 0.321 e. The van der Waals surface area contributed by atoms with Crippen LogP contribution in [-0.2, 0) is 9.59 Å². The summed E-state index contributed by atoms with van der Waals surface area (Å²) in [5, 5.41) is 15.0. The number of carbonyl (C=O) groups excluding carboxylic acids is 2. The highest BCUT2D eigenvalue weighted by molar-refractivity contribution is 5.97. The molecule has 4 saturated carbocycles. The van der Waals surface area contributed by atoms with Crippen LogP contribution in [0.2, 0.25) is 0 Å². The molecule has 1 heterocycles. The summed E-state index contributed by atoms with van der Waals surface area (Å²) in [6.45, 7) is 4.32. The van der Waals surface area contributed by atoms with E-state index in [1.807, 2.05) is 4.90 Å². The van der Waals surface area contributed by atoms with Crippen LogP contribution in [0.3, 0.4) is 0 Å². The van der Waals surface area contributed by atoms with Crippen molar-refractivity contribution in [2.75, 3.05) is 13.1 Å². The van der Waals surface area contributed by atoms with E-state index in [1.165, 1.54) is 19.3 Å². The van der Waals surface area contributed by atoms with Crippen molar-refractivity contribution < 1.29 is 19.5 Å². The van der Waals surface area contributed by atoms with E-state index >= 15 is 0 Å². The summed E-state index contributed by atoms with van der Waals surface area (Å²) in [5.74, 6) is 0.988. The molecule has 3 amide bonds. The van der Waals surface area contributed by atoms with Gasteiger partial charge in [0.25, 0.3) is 0 Å². The van der Waals surface area contributed by atoms with Gasteiger partial charge in [-0.15, -0.1) is 0 Å². The molecule has 3 N–H and O–H groups in total. The molecule has 2 unspecified atom stereocenters. The number of carboxylic acids is 1. The monoisotopic (exact) mass is 377 g/mol. The lowest BCUT2D eigenvalue weighted by molar-refractivity contribution is -0.147. The summed E-state index contributed by atoms with van der Waals surface area (Å²) in [6.07, 6.45) is 7.54. The molecule has 1 aliphatic heterocycles. The van der Waals surface area contributed by atoms with Gasteiger partial charge >= 0.3 is 12.0 Å². The third-order valence-corrected chi connectivity index (χ3v) is 7.60. The molecule has 5 aliphatic rings. The normalized spacial score (nSPS) is 41.3. The molecule has 5 rings (SSSR count). The maximum atomic E-state index is 12.5. The Morgan fingerprint density at radius 3 is 2.11 bits per heavy atom. The minimum Gasteiger partial charge on any atom is -0.481 e. The van der Waals surface area contributed by atoms with E-state index < -0.39 is 23.5 Å². The maximum absolute atomic E-state index is 12.5. The van der Waals surface area contributed by atoms with Gasteiger partial charge in [0.05, 0.1) is 11.5 Å². The molecule has 0 spiro atoms. The summed E-state index contributed by atoms with van der Waals surface area (Å²) in [5.41, 5.74) is -0.951. The number of nitrogens with zero attached hydrogens (tertiary/aromatic N) is 1. The first kappa shape index (κ1) is 18.7. The number of aliphatic carboxylic acids is 1. The van der Waals surface area contributed by atoms with E-state index in [0.717, 1.165) is 37.0 Å². The molecular formula is C20H31N3O4. The lowest BCUT2D eigenvalue weighted by Crippen LogP contribution is -2.62. The fraction of sp³-hybridized carbons (Fsp3) is 0.850. The number of urea groups is 1. The Bertz CT molecular complexity index is 628. The predicted molar refractivity (Wildman–Crippen MR) is 99.0 cm³/mol. The zero-order chi connectivity index (χ0) is 19.4. The Morgan fingerprint density at radius 2 is 1.63 bits per heavy atom. The molecule has 0 aromatic heterocycles. The lowest BCUT2D eigenvalue weighted by atomic mass is 9.53. The van der Waals surface area contributed by atoms with Gasteiger partial charge in [-0.3, -0.25) is 19.8 Å². The van der Waals surface area contributed by atoms with Crippen LogP contribution in [0.5, 0.6) is 0 Å². The zero-order valence-electron chi connectivity index (χ0n) is 16.3. The fourth-order valence-electron chi connectivity index (χ4n) is 6.42. The minimum atomic E-state index is -0.836. The van der Waals surface area contributed by atoms with Crippen LogP contribution < -0.4 is 10.6 Å². The fourth-order valence-corrected chi connectivity index (χ4v) is 6.42. The second kappa shape index (κ2) is 6.47. The van der Waals surface area contributed by atoms with Crippen molar-refractivity contribution in [2.24, 2.45) is 23.2 Å². The van der Waals surface area contributed by atoms with Crippen molar-refractivity contribution in [2.45, 2.75) is 70.4 Å². The van der Waals surface area contributed by atoms with Crippen LogP contribution in [0.1, 0.15) is 58.8 Å². The first-order chi connectivity index (χ1) is 12.7. The SMILES string of the molecule is CC(C(=O)NC(=O)NC12CC3CC(CC(C3)C1)C2)N1CCC(C)(C(=O)O)C1. The van der Waals surface area contributed by atoms with Gasteiger partial charge in [0.15, 0.2) is 0 Å². The molecule has 7 nitrogen and oxygen atoms in total. The number of nitrogens with one attached hydrogen (secondary N) is 2. The number of hydrogen-bond donors (Lipinski definition) is 3. The number of carbonyl (C=O) groups is 3. The summed E-state index contributed by atoms with van der Waals surface area (Å²) >= 11 is 0. The second-order valence-electron chi connectivity index (χ2n) is 9.90. The standard InChI is InChI=1S/C20H31N3O4/c1-12(23-4-3-19(2,11-23)17(25)26)16(24)21-18(27)22-20-8-13-5-14(9-20)7-15(6-13)10-20/h12-15H,3-11H2,1-2H3,(H,25,26)(H2,21,22,24,27). The molecule has 7 heteroatoms. The molecule has 2 atom stereocenters. The maximum Gasteiger partial charge on any atom is 0.321 e. The molecular weight excluding hydrogens is 346 g/mol. The van der Waals surface area contributed by atoms with Crippen molar-refractivity contribution in [3.8, 4) is 0 Å². The number of carboxylic acid groups (broad SMARTS) is 1. The molecule has 0 aromatic rings. The van der Waals surface area contributed by atoms with Crippen molar-refractivity contribution in [1.29, 1.82) is 0 Å². The van der Waals surface area contributed by atoms with Crippen molar-refractivity contribution >= 4 is 17.9 Å². The van der Waals surface area contributed by atoms with Crippen molar-refractivity contribution in [1.82, 2.24) is 15.5 Å². The summed E-state index contributed by atoms with van der Waals surface area (Å²) in [4.78, 5) is 38.3. The van der Waals surface area contributed by atoms with Crippen LogP contribution in [-0.4, -0.2) is 52.6 Å². The summed E-state index contributed by atoms with van der Waals surface area (Å²) in [7, 11) is 0. The second-order valence-corrected chi connectivity index (χ2v) is 9.90. The van der Waals surface area contributed by atoms with E-state index in [2.05, 4.69) is 10.6 Å². The molecule has 150 valence electrons. The molecule has 4 aliphatic carbocycles. The van der Waals surface area contributed by atoms with Gasteiger partial charge in [0, 0.05) is 18.6 Å². The van der Waals surface area contributed by atoms with Crippen LogP contribution >= 0.6 is 0 Å². The highest BCUT2D eigenvalue weighted by atomic mass is 16.4. The Kier molecular flexibility index (Phi) is 4.48.